The first-order valence-corrected chi connectivity index (χ1v) is 7.87. The van der Waals surface area contributed by atoms with E-state index in [1.807, 2.05) is 0 Å². The van der Waals surface area contributed by atoms with Crippen LogP contribution >= 0.6 is 23.2 Å². The third-order valence-corrected chi connectivity index (χ3v) is 4.47. The minimum atomic E-state index is -0.751. The molecule has 1 aliphatic heterocycles. The molecule has 0 saturated carbocycles. The van der Waals surface area contributed by atoms with Crippen molar-refractivity contribution in [2.24, 2.45) is 5.73 Å². The number of hydrogen-bond acceptors (Lipinski definition) is 4. The van der Waals surface area contributed by atoms with Gasteiger partial charge in [0.25, 0.3) is 5.91 Å². The molecular weight excluding hydrogens is 343 g/mol. The number of rotatable bonds is 4. The highest BCUT2D eigenvalue weighted by molar-refractivity contribution is 6.43. The third kappa shape index (κ3) is 4.14. The van der Waals surface area contributed by atoms with Crippen LogP contribution < -0.4 is 5.73 Å². The lowest BCUT2D eigenvalue weighted by molar-refractivity contribution is -0.143. The minimum absolute atomic E-state index is 0.0691. The molecule has 0 unspecified atom stereocenters. The number of likely N-dealkylation sites (tertiary alicyclic amines) is 1. The van der Waals surface area contributed by atoms with Gasteiger partial charge in [-0.1, -0.05) is 29.3 Å². The summed E-state index contributed by atoms with van der Waals surface area (Å²) in [6.07, 6.45) is 2.13. The van der Waals surface area contributed by atoms with E-state index >= 15 is 0 Å². The Balaban J connectivity index is 1.99. The van der Waals surface area contributed by atoms with Gasteiger partial charge in [0.1, 0.15) is 6.04 Å². The maximum atomic E-state index is 12.2. The molecule has 2 rings (SSSR count). The first kappa shape index (κ1) is 17.6. The Labute approximate surface area is 143 Å². The van der Waals surface area contributed by atoms with Crippen molar-refractivity contribution in [3.63, 3.8) is 0 Å². The zero-order valence-corrected chi connectivity index (χ0v) is 13.8. The maximum absolute atomic E-state index is 12.2. The van der Waals surface area contributed by atoms with Crippen molar-refractivity contribution in [1.29, 1.82) is 0 Å². The predicted octanol–water partition coefficient (Wildman–Crippen LogP) is 2.02. The van der Waals surface area contributed by atoms with Crippen molar-refractivity contribution >= 4 is 41.0 Å². The Hall–Kier alpha value is -1.79. The van der Waals surface area contributed by atoms with Crippen LogP contribution in [-0.4, -0.2) is 41.9 Å². The predicted molar refractivity (Wildman–Crippen MR) is 85.3 cm³/mol. The zero-order valence-electron chi connectivity index (χ0n) is 12.3. The molecule has 8 heteroatoms. The van der Waals surface area contributed by atoms with Gasteiger partial charge in [-0.2, -0.15) is 0 Å². The standard InChI is InChI=1S/C15H16Cl2N2O4/c16-10-5-3-4-9(13(10)17)15(22)23-8-12(20)19-7-2-1-6-11(19)14(18)21/h3-5,11H,1-2,6-8H2,(H2,18,21)/t11-/m1/s1. The monoisotopic (exact) mass is 358 g/mol. The van der Waals surface area contributed by atoms with E-state index in [2.05, 4.69) is 0 Å². The molecule has 1 fully saturated rings. The number of amides is 2. The Morgan fingerprint density at radius 1 is 1.26 bits per heavy atom. The molecule has 1 heterocycles. The van der Waals surface area contributed by atoms with Gasteiger partial charge in [-0.15, -0.1) is 0 Å². The molecule has 2 N–H and O–H groups in total. The fourth-order valence-electron chi connectivity index (χ4n) is 2.48. The lowest BCUT2D eigenvalue weighted by Gasteiger charge is -2.33. The van der Waals surface area contributed by atoms with Gasteiger partial charge in [-0.05, 0) is 31.4 Å². The van der Waals surface area contributed by atoms with Crippen LogP contribution in [0.3, 0.4) is 0 Å². The fourth-order valence-corrected chi connectivity index (χ4v) is 2.85. The van der Waals surface area contributed by atoms with Gasteiger partial charge in [-0.3, -0.25) is 9.59 Å². The van der Waals surface area contributed by atoms with Crippen LogP contribution in [0.5, 0.6) is 0 Å². The molecule has 2 amide bonds. The summed E-state index contributed by atoms with van der Waals surface area (Å²) < 4.78 is 4.98. The summed E-state index contributed by atoms with van der Waals surface area (Å²) in [5, 5.41) is 0.289. The Morgan fingerprint density at radius 2 is 2.00 bits per heavy atom. The van der Waals surface area contributed by atoms with Crippen molar-refractivity contribution in [3.05, 3.63) is 33.8 Å². The highest BCUT2D eigenvalue weighted by atomic mass is 35.5. The summed E-state index contributed by atoms with van der Waals surface area (Å²) in [4.78, 5) is 36.9. The molecule has 124 valence electrons. The zero-order chi connectivity index (χ0) is 17.0. The van der Waals surface area contributed by atoms with Crippen molar-refractivity contribution in [2.75, 3.05) is 13.2 Å². The second kappa shape index (κ2) is 7.66. The second-order valence-electron chi connectivity index (χ2n) is 5.18. The molecule has 1 aromatic rings. The molecule has 1 aliphatic rings. The van der Waals surface area contributed by atoms with Crippen LogP contribution in [0.1, 0.15) is 29.6 Å². The van der Waals surface area contributed by atoms with E-state index in [4.69, 9.17) is 33.7 Å². The van der Waals surface area contributed by atoms with E-state index < -0.39 is 30.4 Å². The van der Waals surface area contributed by atoms with Crippen molar-refractivity contribution in [3.8, 4) is 0 Å². The molecular formula is C15H16Cl2N2O4. The number of carbonyl (C=O) groups excluding carboxylic acids is 3. The lowest BCUT2D eigenvalue weighted by Crippen LogP contribution is -2.51. The number of hydrogen-bond donors (Lipinski definition) is 1. The van der Waals surface area contributed by atoms with E-state index in [-0.39, 0.29) is 15.6 Å². The van der Waals surface area contributed by atoms with Crippen molar-refractivity contribution in [2.45, 2.75) is 25.3 Å². The van der Waals surface area contributed by atoms with Crippen LogP contribution in [-0.2, 0) is 14.3 Å². The SMILES string of the molecule is NC(=O)[C@H]1CCCCN1C(=O)COC(=O)c1cccc(Cl)c1Cl. The van der Waals surface area contributed by atoms with E-state index in [0.29, 0.717) is 13.0 Å². The van der Waals surface area contributed by atoms with Crippen LogP contribution in [0.15, 0.2) is 18.2 Å². The summed E-state index contributed by atoms with van der Waals surface area (Å²) in [6.45, 7) is -0.0621. The summed E-state index contributed by atoms with van der Waals surface area (Å²) in [5.74, 6) is -1.76. The molecule has 23 heavy (non-hydrogen) atoms. The average molecular weight is 359 g/mol. The molecule has 0 aromatic heterocycles. The molecule has 6 nitrogen and oxygen atoms in total. The summed E-state index contributed by atoms with van der Waals surface area (Å²) in [7, 11) is 0. The molecule has 1 atom stereocenters. The van der Waals surface area contributed by atoms with Crippen LogP contribution in [0.2, 0.25) is 10.0 Å². The van der Waals surface area contributed by atoms with Crippen molar-refractivity contribution < 1.29 is 19.1 Å². The normalized spacial score (nSPS) is 17.7. The lowest BCUT2D eigenvalue weighted by atomic mass is 10.0. The first-order chi connectivity index (χ1) is 10.9. The van der Waals surface area contributed by atoms with Gasteiger partial charge in [0.2, 0.25) is 5.91 Å². The number of primary amides is 1. The highest BCUT2D eigenvalue weighted by Gasteiger charge is 2.31. The second-order valence-corrected chi connectivity index (χ2v) is 5.96. The molecule has 1 aromatic carbocycles. The number of carbonyl (C=O) groups is 3. The van der Waals surface area contributed by atoms with Gasteiger partial charge in [0.15, 0.2) is 6.61 Å². The van der Waals surface area contributed by atoms with Gasteiger partial charge < -0.3 is 15.4 Å². The Morgan fingerprint density at radius 3 is 2.70 bits per heavy atom. The first-order valence-electron chi connectivity index (χ1n) is 7.11. The van der Waals surface area contributed by atoms with E-state index in [1.54, 1.807) is 6.07 Å². The molecule has 0 radical (unpaired) electrons. The topological polar surface area (TPSA) is 89.7 Å². The molecule has 0 spiro atoms. The third-order valence-electron chi connectivity index (χ3n) is 3.65. The van der Waals surface area contributed by atoms with Gasteiger partial charge in [0.05, 0.1) is 15.6 Å². The molecule has 1 saturated heterocycles. The smallest absolute Gasteiger partial charge is 0.340 e. The quantitative estimate of drug-likeness (QED) is 0.833. The van der Waals surface area contributed by atoms with E-state index in [0.717, 1.165) is 12.8 Å². The average Bonchev–Trinajstić information content (AvgIpc) is 2.54. The fraction of sp³-hybridized carbons (Fsp3) is 0.400. The summed E-state index contributed by atoms with van der Waals surface area (Å²) in [5.41, 5.74) is 5.39. The molecule has 0 bridgehead atoms. The largest absolute Gasteiger partial charge is 0.452 e. The summed E-state index contributed by atoms with van der Waals surface area (Å²) in [6, 6.07) is 3.90. The summed E-state index contributed by atoms with van der Waals surface area (Å²) >= 11 is 11.8. The number of ether oxygens (including phenoxy) is 1. The van der Waals surface area contributed by atoms with Crippen LogP contribution in [0.25, 0.3) is 0 Å². The number of halogens is 2. The molecule has 0 aliphatic carbocycles. The van der Waals surface area contributed by atoms with Crippen LogP contribution in [0, 0.1) is 0 Å². The Kier molecular flexibility index (Phi) is 5.85. The maximum Gasteiger partial charge on any atom is 0.340 e. The van der Waals surface area contributed by atoms with E-state index in [1.165, 1.54) is 17.0 Å². The van der Waals surface area contributed by atoms with Crippen LogP contribution in [0.4, 0.5) is 0 Å². The Bertz CT molecular complexity index is 636. The van der Waals surface area contributed by atoms with Gasteiger partial charge in [0, 0.05) is 6.54 Å². The van der Waals surface area contributed by atoms with Gasteiger partial charge in [-0.25, -0.2) is 4.79 Å². The number of nitrogens with zero attached hydrogens (tertiary/aromatic N) is 1. The number of piperidine rings is 1. The van der Waals surface area contributed by atoms with E-state index in [9.17, 15) is 14.4 Å². The van der Waals surface area contributed by atoms with Gasteiger partial charge >= 0.3 is 5.97 Å². The minimum Gasteiger partial charge on any atom is -0.452 e. The van der Waals surface area contributed by atoms with Crippen molar-refractivity contribution in [1.82, 2.24) is 4.90 Å². The number of nitrogens with two attached hydrogens (primary N) is 1. The highest BCUT2D eigenvalue weighted by Crippen LogP contribution is 2.26. The number of esters is 1. The number of benzene rings is 1.